The van der Waals surface area contributed by atoms with Gasteiger partial charge in [0.15, 0.2) is 5.75 Å². The van der Waals surface area contributed by atoms with Crippen LogP contribution in [0.5, 0.6) is 5.75 Å². The van der Waals surface area contributed by atoms with E-state index in [9.17, 15) is 24.8 Å². The topological polar surface area (TPSA) is 121 Å². The summed E-state index contributed by atoms with van der Waals surface area (Å²) in [4.78, 5) is 33.8. The van der Waals surface area contributed by atoms with Crippen molar-refractivity contribution >= 4 is 17.6 Å². The first kappa shape index (κ1) is 15.4. The second-order valence-corrected chi connectivity index (χ2v) is 4.39. The van der Waals surface area contributed by atoms with Crippen LogP contribution in [0.3, 0.4) is 0 Å². The molecule has 1 aromatic rings. The summed E-state index contributed by atoms with van der Waals surface area (Å²) < 4.78 is 0. The van der Waals surface area contributed by atoms with Gasteiger partial charge in [-0.3, -0.25) is 19.7 Å². The average molecular weight is 282 g/mol. The zero-order valence-electron chi connectivity index (χ0n) is 10.9. The number of amides is 1. The molecule has 0 aliphatic heterocycles. The maximum Gasteiger partial charge on any atom is 0.311 e. The molecule has 1 aromatic carbocycles. The van der Waals surface area contributed by atoms with Gasteiger partial charge in [-0.1, -0.05) is 6.92 Å². The van der Waals surface area contributed by atoms with Crippen LogP contribution in [0.1, 0.15) is 17.3 Å². The number of carbonyl (C=O) groups excluding carboxylic acids is 1. The highest BCUT2D eigenvalue weighted by molar-refractivity contribution is 5.95. The molecule has 8 heteroatoms. The lowest BCUT2D eigenvalue weighted by Crippen LogP contribution is -2.33. The number of nitrogens with zero attached hydrogens (tertiary/aromatic N) is 2. The standard InChI is InChI=1S/C12H14N2O6/c1-7(12(17)18)6-13(2)11(16)8-3-4-10(15)9(5-8)14(19)20/h3-5,7,15H,6H2,1-2H3,(H,17,18). The van der Waals surface area contributed by atoms with Gasteiger partial charge in [0.25, 0.3) is 5.91 Å². The highest BCUT2D eigenvalue weighted by Crippen LogP contribution is 2.26. The molecule has 1 amide bonds. The van der Waals surface area contributed by atoms with E-state index in [1.54, 1.807) is 0 Å². The van der Waals surface area contributed by atoms with E-state index in [1.165, 1.54) is 20.0 Å². The summed E-state index contributed by atoms with van der Waals surface area (Å²) in [6.45, 7) is 1.42. The maximum absolute atomic E-state index is 12.0. The van der Waals surface area contributed by atoms with Crippen LogP contribution in [-0.4, -0.2) is 45.5 Å². The second-order valence-electron chi connectivity index (χ2n) is 4.39. The number of phenols is 1. The number of hydrogen-bond donors (Lipinski definition) is 2. The van der Waals surface area contributed by atoms with Crippen molar-refractivity contribution in [2.45, 2.75) is 6.92 Å². The number of carboxylic acid groups (broad SMARTS) is 1. The molecule has 0 saturated heterocycles. The maximum atomic E-state index is 12.0. The molecule has 1 unspecified atom stereocenters. The second kappa shape index (κ2) is 6.00. The fourth-order valence-electron chi connectivity index (χ4n) is 1.59. The van der Waals surface area contributed by atoms with Crippen LogP contribution in [0, 0.1) is 16.0 Å². The molecule has 0 fully saturated rings. The smallest absolute Gasteiger partial charge is 0.311 e. The number of benzene rings is 1. The summed E-state index contributed by atoms with van der Waals surface area (Å²) in [6, 6.07) is 3.26. The van der Waals surface area contributed by atoms with Crippen LogP contribution >= 0.6 is 0 Å². The molecular formula is C12H14N2O6. The minimum absolute atomic E-state index is 0.00888. The molecule has 0 spiro atoms. The van der Waals surface area contributed by atoms with Crippen molar-refractivity contribution < 1.29 is 24.7 Å². The minimum Gasteiger partial charge on any atom is -0.502 e. The largest absolute Gasteiger partial charge is 0.502 e. The van der Waals surface area contributed by atoms with Gasteiger partial charge in [-0.15, -0.1) is 0 Å². The van der Waals surface area contributed by atoms with Gasteiger partial charge in [0.1, 0.15) is 0 Å². The van der Waals surface area contributed by atoms with E-state index >= 15 is 0 Å². The molecule has 108 valence electrons. The number of rotatable bonds is 5. The van der Waals surface area contributed by atoms with Gasteiger partial charge in [-0.2, -0.15) is 0 Å². The molecule has 0 heterocycles. The van der Waals surface area contributed by atoms with Gasteiger partial charge < -0.3 is 15.1 Å². The summed E-state index contributed by atoms with van der Waals surface area (Å²) in [5.41, 5.74) is -0.565. The number of aliphatic carboxylic acids is 1. The van der Waals surface area contributed by atoms with Crippen molar-refractivity contribution in [2.75, 3.05) is 13.6 Å². The number of hydrogen-bond acceptors (Lipinski definition) is 5. The van der Waals surface area contributed by atoms with E-state index in [-0.39, 0.29) is 12.1 Å². The van der Waals surface area contributed by atoms with E-state index in [2.05, 4.69) is 0 Å². The molecule has 20 heavy (non-hydrogen) atoms. The van der Waals surface area contributed by atoms with Crippen LogP contribution < -0.4 is 0 Å². The van der Waals surface area contributed by atoms with Gasteiger partial charge in [0.2, 0.25) is 0 Å². The van der Waals surface area contributed by atoms with Crippen molar-refractivity contribution in [1.82, 2.24) is 4.90 Å². The fourth-order valence-corrected chi connectivity index (χ4v) is 1.59. The van der Waals surface area contributed by atoms with Crippen molar-refractivity contribution in [3.05, 3.63) is 33.9 Å². The highest BCUT2D eigenvalue weighted by atomic mass is 16.6. The first-order valence-corrected chi connectivity index (χ1v) is 5.69. The van der Waals surface area contributed by atoms with Crippen molar-refractivity contribution in [3.8, 4) is 5.75 Å². The number of nitro groups is 1. The third-order valence-electron chi connectivity index (χ3n) is 2.74. The molecule has 0 aliphatic rings. The predicted molar refractivity (Wildman–Crippen MR) is 68.5 cm³/mol. The number of carboxylic acids is 1. The van der Waals surface area contributed by atoms with Crippen LogP contribution in [0.25, 0.3) is 0 Å². The lowest BCUT2D eigenvalue weighted by Gasteiger charge is -2.19. The lowest BCUT2D eigenvalue weighted by atomic mass is 10.1. The Balaban J connectivity index is 2.95. The van der Waals surface area contributed by atoms with Crippen LogP contribution in [0.15, 0.2) is 18.2 Å². The average Bonchev–Trinajstić information content (AvgIpc) is 2.37. The van der Waals surface area contributed by atoms with Crippen molar-refractivity contribution in [2.24, 2.45) is 5.92 Å². The van der Waals surface area contributed by atoms with Gasteiger partial charge in [0.05, 0.1) is 10.8 Å². The highest BCUT2D eigenvalue weighted by Gasteiger charge is 2.21. The lowest BCUT2D eigenvalue weighted by molar-refractivity contribution is -0.385. The number of nitro benzene ring substituents is 1. The van der Waals surface area contributed by atoms with Crippen molar-refractivity contribution in [3.63, 3.8) is 0 Å². The molecule has 8 nitrogen and oxygen atoms in total. The summed E-state index contributed by atoms with van der Waals surface area (Å²) in [6.07, 6.45) is 0. The third kappa shape index (κ3) is 3.44. The van der Waals surface area contributed by atoms with E-state index in [0.29, 0.717) is 0 Å². The normalized spacial score (nSPS) is 11.7. The van der Waals surface area contributed by atoms with Crippen LogP contribution in [0.4, 0.5) is 5.69 Å². The van der Waals surface area contributed by atoms with E-state index in [4.69, 9.17) is 5.11 Å². The Morgan fingerprint density at radius 3 is 2.55 bits per heavy atom. The summed E-state index contributed by atoms with van der Waals surface area (Å²) >= 11 is 0. The summed E-state index contributed by atoms with van der Waals surface area (Å²) in [7, 11) is 1.40. The quantitative estimate of drug-likeness (QED) is 0.616. The predicted octanol–water partition coefficient (Wildman–Crippen LogP) is 1.09. The van der Waals surface area contributed by atoms with Crippen LogP contribution in [-0.2, 0) is 4.79 Å². The zero-order valence-corrected chi connectivity index (χ0v) is 10.9. The molecule has 0 radical (unpaired) electrons. The van der Waals surface area contributed by atoms with Crippen LogP contribution in [0.2, 0.25) is 0 Å². The number of phenolic OH excluding ortho intramolecular Hbond substituents is 1. The molecule has 2 N–H and O–H groups in total. The Kier molecular flexibility index (Phi) is 4.63. The summed E-state index contributed by atoms with van der Waals surface area (Å²) in [5.74, 6) is -2.88. The Bertz CT molecular complexity index is 557. The first-order valence-electron chi connectivity index (χ1n) is 5.69. The van der Waals surface area contributed by atoms with E-state index in [0.717, 1.165) is 17.0 Å². The monoisotopic (exact) mass is 282 g/mol. The van der Waals surface area contributed by atoms with Gasteiger partial charge in [-0.05, 0) is 12.1 Å². The molecule has 0 saturated carbocycles. The van der Waals surface area contributed by atoms with Gasteiger partial charge >= 0.3 is 11.7 Å². The Hall–Kier alpha value is -2.64. The Labute approximate surface area is 114 Å². The SMILES string of the molecule is CC(CN(C)C(=O)c1ccc(O)c([N+](=O)[O-])c1)C(=O)O. The third-order valence-corrected chi connectivity index (χ3v) is 2.74. The fraction of sp³-hybridized carbons (Fsp3) is 0.333. The Morgan fingerprint density at radius 2 is 2.05 bits per heavy atom. The molecule has 1 atom stereocenters. The Morgan fingerprint density at radius 1 is 1.45 bits per heavy atom. The molecule has 0 bridgehead atoms. The van der Waals surface area contributed by atoms with Gasteiger partial charge in [-0.25, -0.2) is 0 Å². The molecule has 1 rings (SSSR count). The van der Waals surface area contributed by atoms with E-state index in [1.807, 2.05) is 0 Å². The number of aromatic hydroxyl groups is 1. The molecule has 0 aromatic heterocycles. The zero-order chi connectivity index (χ0) is 15.4. The first-order chi connectivity index (χ1) is 9.23. The van der Waals surface area contributed by atoms with Crippen molar-refractivity contribution in [1.29, 1.82) is 0 Å². The summed E-state index contributed by atoms with van der Waals surface area (Å²) in [5, 5.41) is 28.8. The number of carbonyl (C=O) groups is 2. The minimum atomic E-state index is -1.04. The molecule has 0 aliphatic carbocycles. The van der Waals surface area contributed by atoms with E-state index < -0.39 is 34.2 Å². The van der Waals surface area contributed by atoms with Gasteiger partial charge in [0, 0.05) is 25.2 Å². The molecular weight excluding hydrogens is 268 g/mol.